The van der Waals surface area contributed by atoms with Gasteiger partial charge in [-0.2, -0.15) is 5.10 Å². The van der Waals surface area contributed by atoms with Gasteiger partial charge in [0.1, 0.15) is 5.82 Å². The minimum atomic E-state index is -0.0708. The highest BCUT2D eigenvalue weighted by atomic mass is 16.1. The quantitative estimate of drug-likeness (QED) is 0.585. The maximum atomic E-state index is 12.7. The third-order valence-corrected chi connectivity index (χ3v) is 5.15. The first kappa shape index (κ1) is 17.5. The SMILES string of the molecule is O=c1[nH]c(-c2cccnc2)nc2c1CN(Cc1cnn(-c3ccccc3)c1)CC2. The van der Waals surface area contributed by atoms with E-state index in [9.17, 15) is 4.79 Å². The highest BCUT2D eigenvalue weighted by Gasteiger charge is 2.22. The summed E-state index contributed by atoms with van der Waals surface area (Å²) in [5.41, 5.74) is 4.53. The van der Waals surface area contributed by atoms with Crippen LogP contribution in [0.5, 0.6) is 0 Å². The highest BCUT2D eigenvalue weighted by molar-refractivity contribution is 5.53. The van der Waals surface area contributed by atoms with E-state index in [0.717, 1.165) is 47.6 Å². The molecule has 29 heavy (non-hydrogen) atoms. The number of rotatable bonds is 4. The summed E-state index contributed by atoms with van der Waals surface area (Å²) in [6, 6.07) is 13.8. The molecule has 0 aliphatic carbocycles. The van der Waals surface area contributed by atoms with Crippen LogP contribution in [-0.4, -0.2) is 36.2 Å². The Bertz CT molecular complexity index is 1180. The number of H-pyrrole nitrogens is 1. The van der Waals surface area contributed by atoms with Crippen LogP contribution in [0, 0.1) is 0 Å². The molecule has 0 saturated heterocycles. The van der Waals surface area contributed by atoms with E-state index in [0.29, 0.717) is 12.4 Å². The summed E-state index contributed by atoms with van der Waals surface area (Å²) >= 11 is 0. The minimum Gasteiger partial charge on any atom is -0.306 e. The van der Waals surface area contributed by atoms with E-state index in [4.69, 9.17) is 4.98 Å². The number of fused-ring (bicyclic) bond motifs is 1. The standard InChI is InChI=1S/C22H20N6O/c29-22-19-15-27(13-16-11-24-28(14-16)18-6-2-1-3-7-18)10-8-20(19)25-21(26-22)17-5-4-9-23-12-17/h1-7,9,11-12,14H,8,10,13,15H2,(H,25,26,29). The molecular formula is C22H20N6O. The van der Waals surface area contributed by atoms with Gasteiger partial charge in [-0.15, -0.1) is 0 Å². The lowest BCUT2D eigenvalue weighted by Gasteiger charge is -2.27. The lowest BCUT2D eigenvalue weighted by atomic mass is 10.1. The Morgan fingerprint density at radius 3 is 2.79 bits per heavy atom. The molecule has 4 heterocycles. The molecule has 0 radical (unpaired) electrons. The number of para-hydroxylation sites is 1. The van der Waals surface area contributed by atoms with Gasteiger partial charge in [0.05, 0.1) is 23.1 Å². The van der Waals surface area contributed by atoms with Crippen LogP contribution < -0.4 is 5.56 Å². The van der Waals surface area contributed by atoms with Crippen LogP contribution in [0.3, 0.4) is 0 Å². The number of hydrogen-bond donors (Lipinski definition) is 1. The first-order valence-corrected chi connectivity index (χ1v) is 9.60. The second-order valence-corrected chi connectivity index (χ2v) is 7.17. The van der Waals surface area contributed by atoms with Crippen LogP contribution in [-0.2, 0) is 19.5 Å². The normalized spacial score (nSPS) is 13.9. The van der Waals surface area contributed by atoms with Crippen molar-refractivity contribution in [3.8, 4) is 17.1 Å². The van der Waals surface area contributed by atoms with Gasteiger partial charge in [0, 0.05) is 55.8 Å². The summed E-state index contributed by atoms with van der Waals surface area (Å²) in [6.45, 7) is 2.18. The van der Waals surface area contributed by atoms with E-state index >= 15 is 0 Å². The number of aromatic amines is 1. The Hall–Kier alpha value is -3.58. The zero-order valence-corrected chi connectivity index (χ0v) is 15.8. The first-order valence-electron chi connectivity index (χ1n) is 9.60. The Kier molecular flexibility index (Phi) is 4.50. The smallest absolute Gasteiger partial charge is 0.255 e. The van der Waals surface area contributed by atoms with Crippen molar-refractivity contribution < 1.29 is 0 Å². The van der Waals surface area contributed by atoms with Crippen LogP contribution in [0.25, 0.3) is 17.1 Å². The summed E-state index contributed by atoms with van der Waals surface area (Å²) in [5.74, 6) is 0.583. The molecule has 5 rings (SSSR count). The number of pyridine rings is 1. The molecule has 0 unspecified atom stereocenters. The third kappa shape index (κ3) is 3.60. The second-order valence-electron chi connectivity index (χ2n) is 7.17. The van der Waals surface area contributed by atoms with Crippen LogP contribution in [0.2, 0.25) is 0 Å². The maximum absolute atomic E-state index is 12.7. The summed E-state index contributed by atoms with van der Waals surface area (Å²) in [7, 11) is 0. The van der Waals surface area contributed by atoms with Gasteiger partial charge in [0.2, 0.25) is 0 Å². The average Bonchev–Trinajstić information content (AvgIpc) is 3.24. The van der Waals surface area contributed by atoms with Crippen molar-refractivity contribution >= 4 is 0 Å². The summed E-state index contributed by atoms with van der Waals surface area (Å²) < 4.78 is 1.88. The molecule has 7 nitrogen and oxygen atoms in total. The fourth-order valence-electron chi connectivity index (χ4n) is 3.68. The van der Waals surface area contributed by atoms with Crippen molar-refractivity contribution in [1.29, 1.82) is 0 Å². The van der Waals surface area contributed by atoms with Gasteiger partial charge >= 0.3 is 0 Å². The molecule has 4 aromatic rings. The molecule has 0 amide bonds. The third-order valence-electron chi connectivity index (χ3n) is 5.15. The minimum absolute atomic E-state index is 0.0708. The van der Waals surface area contributed by atoms with Crippen molar-refractivity contribution in [2.45, 2.75) is 19.5 Å². The van der Waals surface area contributed by atoms with Gasteiger partial charge in [0.25, 0.3) is 5.56 Å². The predicted octanol–water partition coefficient (Wildman–Crippen LogP) is 2.58. The van der Waals surface area contributed by atoms with Crippen molar-refractivity contribution in [1.82, 2.24) is 29.6 Å². The number of hydrogen-bond acceptors (Lipinski definition) is 5. The zero-order chi connectivity index (χ0) is 19.6. The topological polar surface area (TPSA) is 79.7 Å². The first-order chi connectivity index (χ1) is 14.3. The number of nitrogens with one attached hydrogen (secondary N) is 1. The Balaban J connectivity index is 1.34. The maximum Gasteiger partial charge on any atom is 0.255 e. The molecule has 1 aliphatic heterocycles. The van der Waals surface area contributed by atoms with E-state index in [1.807, 2.05) is 59.5 Å². The lowest BCUT2D eigenvalue weighted by molar-refractivity contribution is 0.242. The molecule has 0 fully saturated rings. The largest absolute Gasteiger partial charge is 0.306 e. The molecule has 1 aliphatic rings. The zero-order valence-electron chi connectivity index (χ0n) is 15.8. The Morgan fingerprint density at radius 2 is 1.97 bits per heavy atom. The monoisotopic (exact) mass is 384 g/mol. The molecular weight excluding hydrogens is 364 g/mol. The fourth-order valence-corrected chi connectivity index (χ4v) is 3.68. The van der Waals surface area contributed by atoms with Gasteiger partial charge in [-0.25, -0.2) is 9.67 Å². The number of aromatic nitrogens is 5. The van der Waals surface area contributed by atoms with Crippen molar-refractivity contribution in [3.63, 3.8) is 0 Å². The lowest BCUT2D eigenvalue weighted by Crippen LogP contribution is -2.35. The summed E-state index contributed by atoms with van der Waals surface area (Å²) in [4.78, 5) is 26.7. The summed E-state index contributed by atoms with van der Waals surface area (Å²) in [5, 5.41) is 4.46. The molecule has 144 valence electrons. The van der Waals surface area contributed by atoms with Crippen molar-refractivity contribution in [2.24, 2.45) is 0 Å². The predicted molar refractivity (Wildman–Crippen MR) is 109 cm³/mol. The molecule has 0 spiro atoms. The Labute approximate surface area is 167 Å². The van der Waals surface area contributed by atoms with Gasteiger partial charge in [-0.3, -0.25) is 14.7 Å². The van der Waals surface area contributed by atoms with Crippen LogP contribution in [0.4, 0.5) is 0 Å². The van der Waals surface area contributed by atoms with E-state index in [1.165, 1.54) is 0 Å². The van der Waals surface area contributed by atoms with E-state index in [1.54, 1.807) is 12.4 Å². The molecule has 0 atom stereocenters. The van der Waals surface area contributed by atoms with Crippen LogP contribution in [0.1, 0.15) is 16.8 Å². The van der Waals surface area contributed by atoms with Gasteiger partial charge in [0.15, 0.2) is 0 Å². The van der Waals surface area contributed by atoms with Crippen LogP contribution >= 0.6 is 0 Å². The highest BCUT2D eigenvalue weighted by Crippen LogP contribution is 2.19. The fraction of sp³-hybridized carbons (Fsp3) is 0.182. The van der Waals surface area contributed by atoms with E-state index < -0.39 is 0 Å². The van der Waals surface area contributed by atoms with Gasteiger partial charge in [-0.05, 0) is 24.3 Å². The molecule has 1 aromatic carbocycles. The average molecular weight is 384 g/mol. The van der Waals surface area contributed by atoms with Gasteiger partial charge in [-0.1, -0.05) is 18.2 Å². The molecule has 3 aromatic heterocycles. The molecule has 0 bridgehead atoms. The van der Waals surface area contributed by atoms with E-state index in [2.05, 4.69) is 20.0 Å². The van der Waals surface area contributed by atoms with Gasteiger partial charge < -0.3 is 4.98 Å². The summed E-state index contributed by atoms with van der Waals surface area (Å²) in [6.07, 6.45) is 8.09. The number of benzene rings is 1. The molecule has 0 saturated carbocycles. The number of nitrogens with zero attached hydrogens (tertiary/aromatic N) is 5. The van der Waals surface area contributed by atoms with Crippen molar-refractivity contribution in [3.05, 3.63) is 94.4 Å². The van der Waals surface area contributed by atoms with Crippen molar-refractivity contribution in [2.75, 3.05) is 6.54 Å². The molecule has 7 heteroatoms. The second kappa shape index (κ2) is 7.44. The van der Waals surface area contributed by atoms with E-state index in [-0.39, 0.29) is 5.56 Å². The van der Waals surface area contributed by atoms with Crippen LogP contribution in [0.15, 0.2) is 72.0 Å². The Morgan fingerprint density at radius 1 is 1.07 bits per heavy atom. The molecule has 1 N–H and O–H groups in total.